The maximum Gasteiger partial charge on any atom is 0.257 e. The predicted molar refractivity (Wildman–Crippen MR) is 222 cm³/mol. The van der Waals surface area contributed by atoms with Crippen LogP contribution < -0.4 is 20.9 Å². The van der Waals surface area contributed by atoms with Crippen LogP contribution in [-0.2, 0) is 20.9 Å². The number of hydrogen-bond acceptors (Lipinski definition) is 10. The van der Waals surface area contributed by atoms with E-state index in [1.165, 1.54) is 0 Å². The van der Waals surface area contributed by atoms with Gasteiger partial charge in [-0.15, -0.1) is 0 Å². The second-order valence-corrected chi connectivity index (χ2v) is 15.7. The number of benzene rings is 1. The number of anilines is 2. The maximum absolute atomic E-state index is 13.4. The first-order chi connectivity index (χ1) is 28.3. The van der Waals surface area contributed by atoms with Gasteiger partial charge in [0.2, 0.25) is 17.7 Å². The number of fused-ring (bicyclic) bond motifs is 1. The molecule has 6 heterocycles. The number of rotatable bonds is 16. The minimum absolute atomic E-state index is 0.0521. The van der Waals surface area contributed by atoms with E-state index in [1.807, 2.05) is 47.4 Å². The van der Waals surface area contributed by atoms with Crippen LogP contribution >= 0.6 is 0 Å². The average molecular weight is 790 g/mol. The van der Waals surface area contributed by atoms with E-state index < -0.39 is 11.9 Å². The summed E-state index contributed by atoms with van der Waals surface area (Å²) in [7, 11) is 0. The first-order valence-electron chi connectivity index (χ1n) is 20.9. The number of carbonyl (C=O) groups is 5. The number of carbonyl (C=O) groups excluding carboxylic acids is 5. The lowest BCUT2D eigenvalue weighted by molar-refractivity contribution is -0.137. The van der Waals surface area contributed by atoms with Crippen molar-refractivity contribution >= 4 is 47.1 Å². The highest BCUT2D eigenvalue weighted by Gasteiger charge is 2.40. The number of pyridine rings is 2. The molecule has 58 heavy (non-hydrogen) atoms. The van der Waals surface area contributed by atoms with Crippen LogP contribution in [0.15, 0.2) is 67.1 Å². The van der Waals surface area contributed by atoms with Gasteiger partial charge < -0.3 is 25.3 Å². The second kappa shape index (κ2) is 19.7. The number of likely N-dealkylation sites (tertiary alicyclic amines) is 1. The van der Waals surface area contributed by atoms with Gasteiger partial charge in [0, 0.05) is 95.7 Å². The molecule has 7 rings (SSSR count). The van der Waals surface area contributed by atoms with E-state index in [2.05, 4.69) is 30.7 Å². The van der Waals surface area contributed by atoms with Crippen molar-refractivity contribution in [2.75, 3.05) is 69.1 Å². The van der Waals surface area contributed by atoms with E-state index in [4.69, 9.17) is 4.98 Å². The monoisotopic (exact) mass is 789 g/mol. The number of aromatic nitrogens is 2. The molecule has 3 saturated heterocycles. The Morgan fingerprint density at radius 3 is 2.45 bits per heavy atom. The molecule has 1 unspecified atom stereocenters. The van der Waals surface area contributed by atoms with Crippen molar-refractivity contribution in [3.8, 4) is 0 Å². The maximum atomic E-state index is 13.4. The molecule has 4 aliphatic heterocycles. The predicted octanol–water partition coefficient (Wildman–Crippen LogP) is 4.10. The lowest BCUT2D eigenvalue weighted by atomic mass is 9.91. The fourth-order valence-electron chi connectivity index (χ4n) is 8.43. The Morgan fingerprint density at radius 2 is 1.69 bits per heavy atom. The molecule has 0 aliphatic carbocycles. The zero-order valence-corrected chi connectivity index (χ0v) is 33.2. The summed E-state index contributed by atoms with van der Waals surface area (Å²) < 4.78 is 0. The molecule has 0 radical (unpaired) electrons. The van der Waals surface area contributed by atoms with Crippen molar-refractivity contribution in [1.29, 1.82) is 0 Å². The zero-order valence-electron chi connectivity index (χ0n) is 33.2. The van der Waals surface area contributed by atoms with Crippen molar-refractivity contribution < 1.29 is 24.0 Å². The molecule has 306 valence electrons. The van der Waals surface area contributed by atoms with Crippen molar-refractivity contribution in [3.05, 3.63) is 89.4 Å². The molecular weight excluding hydrogens is 735 g/mol. The molecule has 4 aliphatic rings. The molecule has 1 atom stereocenters. The van der Waals surface area contributed by atoms with Crippen molar-refractivity contribution in [2.24, 2.45) is 5.92 Å². The van der Waals surface area contributed by atoms with Gasteiger partial charge in [0.25, 0.3) is 11.8 Å². The van der Waals surface area contributed by atoms with Crippen LogP contribution in [0.3, 0.4) is 0 Å². The molecule has 5 amide bonds. The summed E-state index contributed by atoms with van der Waals surface area (Å²) in [5, 5.41) is 8.78. The first kappa shape index (κ1) is 40.6. The van der Waals surface area contributed by atoms with Crippen LogP contribution in [0.1, 0.15) is 89.6 Å². The third-order valence-electron chi connectivity index (χ3n) is 11.8. The van der Waals surface area contributed by atoms with E-state index in [9.17, 15) is 24.0 Å². The number of imide groups is 1. The Bertz CT molecular complexity index is 1940. The quantitative estimate of drug-likeness (QED) is 0.110. The third-order valence-corrected chi connectivity index (χ3v) is 11.8. The van der Waals surface area contributed by atoms with Crippen molar-refractivity contribution in [3.63, 3.8) is 0 Å². The Labute approximate surface area is 340 Å². The molecule has 14 heteroatoms. The summed E-state index contributed by atoms with van der Waals surface area (Å²) in [6.45, 7) is 7.94. The normalized spacial score (nSPS) is 19.1. The van der Waals surface area contributed by atoms with Gasteiger partial charge in [-0.3, -0.25) is 39.2 Å². The van der Waals surface area contributed by atoms with Crippen LogP contribution in [0.2, 0.25) is 0 Å². The van der Waals surface area contributed by atoms with Gasteiger partial charge in [-0.1, -0.05) is 31.0 Å². The highest BCUT2D eigenvalue weighted by Crippen LogP contribution is 2.32. The minimum Gasteiger partial charge on any atom is -0.384 e. The summed E-state index contributed by atoms with van der Waals surface area (Å²) in [6.07, 6.45) is 16.2. The van der Waals surface area contributed by atoms with Crippen LogP contribution in [0.5, 0.6) is 0 Å². The van der Waals surface area contributed by atoms with Crippen LogP contribution in [-0.4, -0.2) is 119 Å². The zero-order chi connectivity index (χ0) is 40.3. The molecule has 3 N–H and O–H groups in total. The average Bonchev–Trinajstić information content (AvgIpc) is 3.59. The highest BCUT2D eigenvalue weighted by molar-refractivity contribution is 6.07. The van der Waals surface area contributed by atoms with Crippen LogP contribution in [0, 0.1) is 5.92 Å². The van der Waals surface area contributed by atoms with Crippen LogP contribution in [0.4, 0.5) is 11.5 Å². The summed E-state index contributed by atoms with van der Waals surface area (Å²) in [6, 6.07) is 12.8. The number of amides is 5. The lowest BCUT2D eigenvalue weighted by Crippen LogP contribution is -2.52. The number of nitrogens with one attached hydrogen (secondary N) is 3. The SMILES string of the molecule is O=C(/C=C/c1cccnc1)NCCCCC1CCN(C(=O)c2ccc(N3CCN(CCCCNc4cccc5c4C(=O)N(C4CCC(=O)NC4=O)C5)CC3)nc2)CC1. The van der Waals surface area contributed by atoms with Gasteiger partial charge in [-0.05, 0) is 92.5 Å². The molecule has 1 aromatic carbocycles. The van der Waals surface area contributed by atoms with Gasteiger partial charge in [0.05, 0.1) is 11.1 Å². The summed E-state index contributed by atoms with van der Waals surface area (Å²) in [4.78, 5) is 79.8. The van der Waals surface area contributed by atoms with Crippen molar-refractivity contribution in [1.82, 2.24) is 35.3 Å². The van der Waals surface area contributed by atoms with Gasteiger partial charge in [-0.25, -0.2) is 4.98 Å². The van der Waals surface area contributed by atoms with Crippen LogP contribution in [0.25, 0.3) is 6.08 Å². The number of piperidine rings is 2. The Morgan fingerprint density at radius 1 is 0.862 bits per heavy atom. The number of unbranched alkanes of at least 4 members (excludes halogenated alkanes) is 2. The second-order valence-electron chi connectivity index (χ2n) is 15.7. The van der Waals surface area contributed by atoms with E-state index in [0.29, 0.717) is 36.6 Å². The molecule has 0 saturated carbocycles. The van der Waals surface area contributed by atoms with Gasteiger partial charge in [0.1, 0.15) is 11.9 Å². The van der Waals surface area contributed by atoms with E-state index >= 15 is 0 Å². The standard InChI is InChI=1S/C44H55N9O5/c54-39(15-11-33-8-6-19-45-29-33)47-21-2-1-7-32-17-23-52(24-18-32)43(57)34-12-14-38(48-30-34)51-27-25-50(26-28-51)22-4-3-20-46-36-10-5-9-35-31-53(44(58)41(35)36)37-13-16-40(55)49-42(37)56/h5-6,8-12,14-15,19,29-30,32,37,46H,1-4,7,13,16-18,20-28,31H2,(H,47,54)(H,49,55,56)/b15-11+. The Balaban J connectivity index is 0.750. The van der Waals surface area contributed by atoms with Gasteiger partial charge in [0.15, 0.2) is 0 Å². The van der Waals surface area contributed by atoms with E-state index in [0.717, 1.165) is 120 Å². The molecule has 0 bridgehead atoms. The first-order valence-corrected chi connectivity index (χ1v) is 20.9. The smallest absolute Gasteiger partial charge is 0.257 e. The largest absolute Gasteiger partial charge is 0.384 e. The summed E-state index contributed by atoms with van der Waals surface area (Å²) in [5.41, 5.74) is 3.86. The molecule has 3 aromatic rings. The molecule has 2 aromatic heterocycles. The lowest BCUT2D eigenvalue weighted by Gasteiger charge is -2.35. The highest BCUT2D eigenvalue weighted by atomic mass is 16.2. The number of piperazine rings is 1. The van der Waals surface area contributed by atoms with E-state index in [-0.39, 0.29) is 30.0 Å². The van der Waals surface area contributed by atoms with Crippen molar-refractivity contribution in [2.45, 2.75) is 70.4 Å². The summed E-state index contributed by atoms with van der Waals surface area (Å²) in [5.74, 6) is 0.625. The summed E-state index contributed by atoms with van der Waals surface area (Å²) >= 11 is 0. The van der Waals surface area contributed by atoms with Gasteiger partial charge in [-0.2, -0.15) is 0 Å². The molecule has 3 fully saturated rings. The van der Waals surface area contributed by atoms with E-state index in [1.54, 1.807) is 35.6 Å². The third kappa shape index (κ3) is 10.5. The fraction of sp³-hybridized carbons (Fsp3) is 0.477. The molecular formula is C44H55N9O5. The Hall–Kier alpha value is -5.63. The van der Waals surface area contributed by atoms with Gasteiger partial charge >= 0.3 is 0 Å². The molecule has 14 nitrogen and oxygen atoms in total. The fourth-order valence-corrected chi connectivity index (χ4v) is 8.43. The molecule has 0 spiro atoms. The minimum atomic E-state index is -0.617. The number of hydrogen-bond donors (Lipinski definition) is 3. The Kier molecular flexibility index (Phi) is 13.8. The topological polar surface area (TPSA) is 160 Å². The number of nitrogens with zero attached hydrogens (tertiary/aromatic N) is 6.